The molecule has 28 heavy (non-hydrogen) atoms. The maximum absolute atomic E-state index is 12.2. The van der Waals surface area contributed by atoms with Crippen LogP contribution in [0.5, 0.6) is 5.75 Å². The molecule has 0 aromatic heterocycles. The van der Waals surface area contributed by atoms with Gasteiger partial charge in [-0.2, -0.15) is 0 Å². The predicted octanol–water partition coefficient (Wildman–Crippen LogP) is 4.10. The molecule has 2 aromatic carbocycles. The highest BCUT2D eigenvalue weighted by Gasteiger charge is 2.43. The zero-order valence-electron chi connectivity index (χ0n) is 16.2. The predicted molar refractivity (Wildman–Crippen MR) is 114 cm³/mol. The van der Waals surface area contributed by atoms with Crippen LogP contribution in [0.1, 0.15) is 31.2 Å². The number of para-hydroxylation sites is 1. The van der Waals surface area contributed by atoms with Crippen molar-refractivity contribution >= 4 is 17.7 Å². The quantitative estimate of drug-likeness (QED) is 0.693. The number of thioether (sulfide) groups is 1. The molecule has 148 valence electrons. The number of carbonyl (C=O) groups excluding carboxylic acids is 1. The average Bonchev–Trinajstić information content (AvgIpc) is 3.26. The van der Waals surface area contributed by atoms with Crippen LogP contribution in [0.3, 0.4) is 0 Å². The van der Waals surface area contributed by atoms with E-state index in [1.807, 2.05) is 34.9 Å². The van der Waals surface area contributed by atoms with Crippen LogP contribution < -0.4 is 10.1 Å². The third kappa shape index (κ3) is 5.09. The molecular weight excluding hydrogens is 368 g/mol. The maximum Gasteiger partial charge on any atom is 0.260 e. The maximum atomic E-state index is 12.2. The molecule has 1 amide bonds. The molecule has 2 aliphatic rings. The molecule has 1 aliphatic carbocycles. The van der Waals surface area contributed by atoms with Gasteiger partial charge >= 0.3 is 0 Å². The highest BCUT2D eigenvalue weighted by Crippen LogP contribution is 2.51. The van der Waals surface area contributed by atoms with E-state index in [1.54, 1.807) is 0 Å². The summed E-state index contributed by atoms with van der Waals surface area (Å²) < 4.78 is 6.19. The zero-order valence-corrected chi connectivity index (χ0v) is 17.0. The summed E-state index contributed by atoms with van der Waals surface area (Å²) in [6.07, 6.45) is 4.72. The summed E-state index contributed by atoms with van der Waals surface area (Å²) in [4.78, 5) is 15.5. The number of likely N-dealkylation sites (tertiary alicyclic amines) is 1. The van der Waals surface area contributed by atoms with Crippen LogP contribution in [0, 0.1) is 0 Å². The molecule has 5 heteroatoms. The second kappa shape index (κ2) is 9.01. The summed E-state index contributed by atoms with van der Waals surface area (Å²) in [6, 6.07) is 18.7. The molecule has 0 bridgehead atoms. The van der Waals surface area contributed by atoms with Crippen LogP contribution in [0.15, 0.2) is 59.5 Å². The van der Waals surface area contributed by atoms with Crippen molar-refractivity contribution in [1.29, 1.82) is 0 Å². The van der Waals surface area contributed by atoms with E-state index in [0.29, 0.717) is 4.75 Å². The van der Waals surface area contributed by atoms with Gasteiger partial charge in [-0.15, -0.1) is 11.8 Å². The van der Waals surface area contributed by atoms with Crippen LogP contribution in [0.4, 0.5) is 0 Å². The van der Waals surface area contributed by atoms with Gasteiger partial charge in [-0.25, -0.2) is 0 Å². The number of hydrogen-bond donors (Lipinski definition) is 1. The topological polar surface area (TPSA) is 41.6 Å². The highest BCUT2D eigenvalue weighted by atomic mass is 32.2. The van der Waals surface area contributed by atoms with Gasteiger partial charge in [-0.3, -0.25) is 4.79 Å². The van der Waals surface area contributed by atoms with Crippen LogP contribution >= 0.6 is 11.8 Å². The molecular formula is C23H28N2O2S. The number of ether oxygens (including phenoxy) is 1. The fourth-order valence-electron chi connectivity index (χ4n) is 3.61. The minimum Gasteiger partial charge on any atom is -0.483 e. The summed E-state index contributed by atoms with van der Waals surface area (Å²) in [7, 11) is 0. The summed E-state index contributed by atoms with van der Waals surface area (Å²) in [5.41, 5.74) is 1.11. The molecule has 1 saturated heterocycles. The molecule has 1 N–H and O–H groups in total. The van der Waals surface area contributed by atoms with Crippen molar-refractivity contribution in [3.63, 3.8) is 0 Å². The smallest absolute Gasteiger partial charge is 0.260 e. The van der Waals surface area contributed by atoms with Crippen molar-refractivity contribution in [3.8, 4) is 5.75 Å². The first-order chi connectivity index (χ1) is 13.7. The molecule has 0 unspecified atom stereocenters. The Labute approximate surface area is 171 Å². The minimum absolute atomic E-state index is 0.0939. The van der Waals surface area contributed by atoms with E-state index >= 15 is 0 Å². The lowest BCUT2D eigenvalue weighted by Crippen LogP contribution is -2.32. The molecule has 2 aromatic rings. The third-order valence-corrected chi connectivity index (χ3v) is 6.92. The second-order valence-electron chi connectivity index (χ2n) is 7.69. The number of benzene rings is 2. The highest BCUT2D eigenvalue weighted by molar-refractivity contribution is 8.01. The lowest BCUT2D eigenvalue weighted by Gasteiger charge is -2.18. The van der Waals surface area contributed by atoms with Crippen molar-refractivity contribution < 1.29 is 9.53 Å². The summed E-state index contributed by atoms with van der Waals surface area (Å²) in [6.45, 7) is 3.60. The van der Waals surface area contributed by atoms with Crippen LogP contribution in [-0.2, 0) is 11.3 Å². The van der Waals surface area contributed by atoms with Crippen molar-refractivity contribution in [2.75, 3.05) is 26.2 Å². The Hall–Kier alpha value is -1.98. The Bertz CT molecular complexity index is 786. The zero-order chi connectivity index (χ0) is 19.2. The molecule has 1 aliphatic heterocycles. The lowest BCUT2D eigenvalue weighted by molar-refractivity contribution is -0.132. The number of hydrogen-bond acceptors (Lipinski definition) is 4. The van der Waals surface area contributed by atoms with E-state index in [0.717, 1.165) is 50.3 Å². The van der Waals surface area contributed by atoms with Crippen molar-refractivity contribution in [2.45, 2.75) is 41.9 Å². The van der Waals surface area contributed by atoms with Crippen LogP contribution in [-0.4, -0.2) is 41.8 Å². The Balaban J connectivity index is 1.27. The van der Waals surface area contributed by atoms with E-state index in [1.165, 1.54) is 17.7 Å². The number of amides is 1. The Morgan fingerprint density at radius 3 is 2.50 bits per heavy atom. The van der Waals surface area contributed by atoms with Gasteiger partial charge in [0.05, 0.1) is 0 Å². The number of nitrogens with zero attached hydrogens (tertiary/aromatic N) is 1. The average molecular weight is 397 g/mol. The van der Waals surface area contributed by atoms with Gasteiger partial charge in [0.2, 0.25) is 0 Å². The van der Waals surface area contributed by atoms with Crippen molar-refractivity contribution in [3.05, 3.63) is 60.2 Å². The second-order valence-corrected chi connectivity index (χ2v) is 9.23. The van der Waals surface area contributed by atoms with Crippen LogP contribution in [0.2, 0.25) is 0 Å². The summed E-state index contributed by atoms with van der Waals surface area (Å²) >= 11 is 1.98. The molecule has 2 fully saturated rings. The Kier molecular flexibility index (Phi) is 6.23. The third-order valence-electron chi connectivity index (χ3n) is 5.43. The standard InChI is InChI=1S/C23H28N2O2S/c26-22(25-14-6-7-15-25)17-27-21-11-5-4-8-19(21)16-24-18-23(12-13-23)28-20-9-2-1-3-10-20/h1-5,8-11,24H,6-7,12-18H2. The SMILES string of the molecule is O=C(COc1ccccc1CNCC1(Sc2ccccc2)CC1)N1CCCC1. The molecule has 4 nitrogen and oxygen atoms in total. The first kappa shape index (κ1) is 19.3. The van der Waals surface area contributed by atoms with Gasteiger partial charge < -0.3 is 15.0 Å². The van der Waals surface area contributed by atoms with E-state index in [9.17, 15) is 4.79 Å². The fraction of sp³-hybridized carbons (Fsp3) is 0.435. The molecule has 0 radical (unpaired) electrons. The van der Waals surface area contributed by atoms with Gasteiger partial charge in [-0.1, -0.05) is 36.4 Å². The van der Waals surface area contributed by atoms with E-state index in [-0.39, 0.29) is 12.5 Å². The van der Waals surface area contributed by atoms with Crippen molar-refractivity contribution in [2.24, 2.45) is 0 Å². The van der Waals surface area contributed by atoms with E-state index in [4.69, 9.17) is 4.74 Å². The Morgan fingerprint density at radius 1 is 1.04 bits per heavy atom. The van der Waals surface area contributed by atoms with E-state index < -0.39 is 0 Å². The normalized spacial score (nSPS) is 17.5. The monoisotopic (exact) mass is 396 g/mol. The van der Waals surface area contributed by atoms with Gasteiger partial charge in [0.25, 0.3) is 5.91 Å². The summed E-state index contributed by atoms with van der Waals surface area (Å²) in [5.74, 6) is 0.902. The Morgan fingerprint density at radius 2 is 1.75 bits per heavy atom. The number of rotatable bonds is 9. The largest absolute Gasteiger partial charge is 0.483 e. The first-order valence-electron chi connectivity index (χ1n) is 10.2. The van der Waals surface area contributed by atoms with E-state index in [2.05, 4.69) is 41.7 Å². The molecule has 1 saturated carbocycles. The fourth-order valence-corrected chi connectivity index (χ4v) is 4.88. The van der Waals surface area contributed by atoms with Gasteiger partial charge in [0.1, 0.15) is 5.75 Å². The van der Waals surface area contributed by atoms with Crippen molar-refractivity contribution in [1.82, 2.24) is 10.2 Å². The summed E-state index contributed by atoms with van der Waals surface area (Å²) in [5, 5.41) is 3.61. The molecule has 0 atom stereocenters. The van der Waals surface area contributed by atoms with Gasteiger partial charge in [-0.05, 0) is 43.9 Å². The molecule has 1 heterocycles. The molecule has 0 spiro atoms. The lowest BCUT2D eigenvalue weighted by atomic mass is 10.2. The van der Waals surface area contributed by atoms with Gasteiger partial charge in [0.15, 0.2) is 6.61 Å². The number of carbonyl (C=O) groups is 1. The molecule has 4 rings (SSSR count). The van der Waals surface area contributed by atoms with Gasteiger partial charge in [0, 0.05) is 41.4 Å². The minimum atomic E-state index is 0.0939. The number of nitrogens with one attached hydrogen (secondary N) is 1. The first-order valence-corrected chi connectivity index (χ1v) is 11.0. The van der Waals surface area contributed by atoms with Crippen LogP contribution in [0.25, 0.3) is 0 Å².